The number of allylic oxidation sites excluding steroid dienone is 5. The highest BCUT2D eigenvalue weighted by Crippen LogP contribution is 2.27. The Morgan fingerprint density at radius 1 is 1.00 bits per heavy atom. The van der Waals surface area contributed by atoms with E-state index in [1.165, 1.54) is 9.81 Å². The quantitative estimate of drug-likeness (QED) is 0.406. The molecule has 0 aliphatic rings. The highest BCUT2D eigenvalue weighted by atomic mass is 32.2. The summed E-state index contributed by atoms with van der Waals surface area (Å²) >= 11 is 3.48. The third-order valence-corrected chi connectivity index (χ3v) is 5.12. The Kier molecular flexibility index (Phi) is 7.48. The molecule has 0 saturated carbocycles. The van der Waals surface area contributed by atoms with Crippen molar-refractivity contribution in [1.82, 2.24) is 0 Å². The van der Waals surface area contributed by atoms with Crippen LogP contribution in [0.5, 0.6) is 0 Å². The number of ketones is 1. The number of aryl methyl sites for hydroxylation is 1. The summed E-state index contributed by atoms with van der Waals surface area (Å²) < 4.78 is 1.29. The Morgan fingerprint density at radius 2 is 1.55 bits per heavy atom. The van der Waals surface area contributed by atoms with Crippen molar-refractivity contribution >= 4 is 29.3 Å². The molecule has 0 bridgehead atoms. The van der Waals surface area contributed by atoms with Crippen molar-refractivity contribution in [3.63, 3.8) is 0 Å². The molecule has 20 heavy (non-hydrogen) atoms. The number of thioether (sulfide) groups is 2. The molecule has 0 N–H and O–H groups in total. The van der Waals surface area contributed by atoms with Crippen LogP contribution in [0.15, 0.2) is 58.4 Å². The number of rotatable bonds is 6. The molecule has 1 nitrogen and oxygen atoms in total. The number of benzene rings is 1. The lowest BCUT2D eigenvalue weighted by Crippen LogP contribution is -1.93. The van der Waals surface area contributed by atoms with Gasteiger partial charge in [0.15, 0.2) is 5.78 Å². The molecule has 1 aromatic rings. The number of hydrogen-bond donors (Lipinski definition) is 0. The van der Waals surface area contributed by atoms with Gasteiger partial charge in [-0.1, -0.05) is 48.1 Å². The van der Waals surface area contributed by atoms with Crippen molar-refractivity contribution < 1.29 is 4.79 Å². The Morgan fingerprint density at radius 3 is 2.10 bits per heavy atom. The van der Waals surface area contributed by atoms with Gasteiger partial charge in [0.1, 0.15) is 0 Å². The normalized spacial score (nSPS) is 11.2. The zero-order valence-corrected chi connectivity index (χ0v) is 14.0. The van der Waals surface area contributed by atoms with Gasteiger partial charge in [-0.15, -0.1) is 23.5 Å². The van der Waals surface area contributed by atoms with E-state index in [0.717, 1.165) is 11.1 Å². The first kappa shape index (κ1) is 16.9. The maximum Gasteiger partial charge on any atom is 0.185 e. The molecule has 0 spiro atoms. The summed E-state index contributed by atoms with van der Waals surface area (Å²) in [6, 6.07) is 7.62. The van der Waals surface area contributed by atoms with Gasteiger partial charge in [-0.3, -0.25) is 4.79 Å². The van der Waals surface area contributed by atoms with Crippen LogP contribution in [-0.4, -0.2) is 18.3 Å². The van der Waals surface area contributed by atoms with Gasteiger partial charge in [0.25, 0.3) is 0 Å². The highest BCUT2D eigenvalue weighted by Gasteiger charge is 1.99. The van der Waals surface area contributed by atoms with E-state index in [9.17, 15) is 4.79 Å². The SMILES string of the molecule is CSC(SC)=C(C)/C=C/C=C/C(=O)c1ccc(C)cc1. The van der Waals surface area contributed by atoms with E-state index < -0.39 is 0 Å². The first-order valence-electron chi connectivity index (χ1n) is 6.33. The molecule has 0 radical (unpaired) electrons. The first-order chi connectivity index (χ1) is 9.58. The fourth-order valence-electron chi connectivity index (χ4n) is 1.63. The molecular weight excluding hydrogens is 284 g/mol. The maximum absolute atomic E-state index is 11.9. The van der Waals surface area contributed by atoms with E-state index in [0.29, 0.717) is 0 Å². The summed E-state index contributed by atoms with van der Waals surface area (Å²) in [5.74, 6) is 0.0336. The van der Waals surface area contributed by atoms with Gasteiger partial charge in [0, 0.05) is 9.80 Å². The molecule has 0 heterocycles. The second-order valence-electron chi connectivity index (χ2n) is 4.33. The summed E-state index contributed by atoms with van der Waals surface area (Å²) in [7, 11) is 0. The van der Waals surface area contributed by atoms with Gasteiger partial charge in [0.2, 0.25) is 0 Å². The van der Waals surface area contributed by atoms with Crippen LogP contribution in [0, 0.1) is 6.92 Å². The standard InChI is InChI=1S/C17H20OS2/c1-13-9-11-15(12-10-13)16(18)8-6-5-7-14(2)17(19-3)20-4/h5-12H,1-4H3/b7-5+,8-6+. The lowest BCUT2D eigenvalue weighted by molar-refractivity contribution is 0.104. The summed E-state index contributed by atoms with van der Waals surface area (Å²) in [6.45, 7) is 4.09. The fraction of sp³-hybridized carbons (Fsp3) is 0.235. The Bertz CT molecular complexity index is 531. The lowest BCUT2D eigenvalue weighted by atomic mass is 10.1. The molecule has 0 unspecified atom stereocenters. The van der Waals surface area contributed by atoms with Gasteiger partial charge < -0.3 is 0 Å². The van der Waals surface area contributed by atoms with E-state index in [1.807, 2.05) is 43.3 Å². The smallest absolute Gasteiger partial charge is 0.185 e. The molecule has 0 atom stereocenters. The second kappa shape index (κ2) is 8.88. The van der Waals surface area contributed by atoms with E-state index >= 15 is 0 Å². The van der Waals surface area contributed by atoms with Gasteiger partial charge in [-0.05, 0) is 38.0 Å². The molecule has 3 heteroatoms. The van der Waals surface area contributed by atoms with Crippen molar-refractivity contribution in [3.8, 4) is 0 Å². The molecule has 1 aromatic carbocycles. The second-order valence-corrected chi connectivity index (χ2v) is 6.22. The zero-order valence-electron chi connectivity index (χ0n) is 12.3. The molecule has 0 saturated heterocycles. The van der Waals surface area contributed by atoms with E-state index in [2.05, 4.69) is 19.4 Å². The highest BCUT2D eigenvalue weighted by molar-refractivity contribution is 8.21. The van der Waals surface area contributed by atoms with Crippen molar-refractivity contribution in [2.75, 3.05) is 12.5 Å². The topological polar surface area (TPSA) is 17.1 Å². The molecule has 0 aromatic heterocycles. The summed E-state index contributed by atoms with van der Waals surface area (Å²) in [5, 5.41) is 0. The van der Waals surface area contributed by atoms with Crippen LogP contribution in [0.3, 0.4) is 0 Å². The summed E-state index contributed by atoms with van der Waals surface area (Å²) in [6.07, 6.45) is 11.5. The fourth-order valence-corrected chi connectivity index (χ4v) is 3.08. The molecule has 0 amide bonds. The van der Waals surface area contributed by atoms with Gasteiger partial charge in [0.05, 0.1) is 0 Å². The number of hydrogen-bond acceptors (Lipinski definition) is 3. The van der Waals surface area contributed by atoms with Crippen LogP contribution < -0.4 is 0 Å². The van der Waals surface area contributed by atoms with E-state index in [4.69, 9.17) is 0 Å². The zero-order chi connectivity index (χ0) is 15.0. The van der Waals surface area contributed by atoms with Crippen LogP contribution in [0.4, 0.5) is 0 Å². The van der Waals surface area contributed by atoms with Crippen LogP contribution >= 0.6 is 23.5 Å². The van der Waals surface area contributed by atoms with Crippen molar-refractivity contribution in [1.29, 1.82) is 0 Å². The summed E-state index contributed by atoms with van der Waals surface area (Å²) in [4.78, 5) is 11.9. The Labute approximate surface area is 130 Å². The molecule has 1 rings (SSSR count). The predicted octanol–water partition coefficient (Wildman–Crippen LogP) is 5.25. The summed E-state index contributed by atoms with van der Waals surface area (Å²) in [5.41, 5.74) is 3.10. The third kappa shape index (κ3) is 5.43. The average molecular weight is 304 g/mol. The molecule has 0 aliphatic carbocycles. The Hall–Kier alpha value is -1.19. The predicted molar refractivity (Wildman–Crippen MR) is 93.5 cm³/mol. The van der Waals surface area contributed by atoms with Gasteiger partial charge in [-0.25, -0.2) is 0 Å². The minimum absolute atomic E-state index is 0.0336. The largest absolute Gasteiger partial charge is 0.289 e. The van der Waals surface area contributed by atoms with Crippen LogP contribution in [0.2, 0.25) is 0 Å². The first-order valence-corrected chi connectivity index (χ1v) is 8.78. The Balaban J connectivity index is 2.67. The third-order valence-electron chi connectivity index (χ3n) is 2.73. The van der Waals surface area contributed by atoms with Gasteiger partial charge >= 0.3 is 0 Å². The molecule has 0 fully saturated rings. The molecule has 106 valence electrons. The minimum Gasteiger partial charge on any atom is -0.289 e. The van der Waals surface area contributed by atoms with Crippen LogP contribution in [-0.2, 0) is 0 Å². The van der Waals surface area contributed by atoms with Crippen LogP contribution in [0.1, 0.15) is 22.8 Å². The van der Waals surface area contributed by atoms with Crippen molar-refractivity contribution in [2.45, 2.75) is 13.8 Å². The average Bonchev–Trinajstić information content (AvgIpc) is 2.45. The van der Waals surface area contributed by atoms with E-state index in [1.54, 1.807) is 35.7 Å². The number of carbonyl (C=O) groups excluding carboxylic acids is 1. The maximum atomic E-state index is 11.9. The minimum atomic E-state index is 0.0336. The monoisotopic (exact) mass is 304 g/mol. The molecule has 0 aliphatic heterocycles. The van der Waals surface area contributed by atoms with Gasteiger partial charge in [-0.2, -0.15) is 0 Å². The molecular formula is C17H20OS2. The van der Waals surface area contributed by atoms with Crippen LogP contribution in [0.25, 0.3) is 0 Å². The lowest BCUT2D eigenvalue weighted by Gasteiger charge is -2.01. The number of carbonyl (C=O) groups is 1. The van der Waals surface area contributed by atoms with E-state index in [-0.39, 0.29) is 5.78 Å². The van der Waals surface area contributed by atoms with Crippen molar-refractivity contribution in [2.24, 2.45) is 0 Å². The van der Waals surface area contributed by atoms with Crippen molar-refractivity contribution in [3.05, 3.63) is 69.5 Å².